The van der Waals surface area contributed by atoms with E-state index in [1.165, 1.54) is 0 Å². The lowest BCUT2D eigenvalue weighted by atomic mass is 10.0. The zero-order valence-electron chi connectivity index (χ0n) is 21.9. The van der Waals surface area contributed by atoms with Crippen LogP contribution in [0.15, 0.2) is 77.3 Å². The van der Waals surface area contributed by atoms with Crippen molar-refractivity contribution >= 4 is 27.7 Å². The summed E-state index contributed by atoms with van der Waals surface area (Å²) in [5.74, 6) is 1.11. The maximum atomic E-state index is 13.7. The summed E-state index contributed by atoms with van der Waals surface area (Å²) in [6, 6.07) is 22.1. The van der Waals surface area contributed by atoms with E-state index in [1.807, 2.05) is 93.6 Å². The number of halogens is 1. The molecule has 0 unspecified atom stereocenters. The standard InChI is InChI=1S/C30H35BrN2O4/c1-21(2)18-32-30(35)28(17-23-9-6-5-7-10-23)33(19-24-11-8-12-25(16-24)36-4)29(34)20-37-26-13-14-27(31)22(3)15-26/h5-16,21,28H,17-20H2,1-4H3,(H,32,35)/t28-/m0/s1. The summed E-state index contributed by atoms with van der Waals surface area (Å²) >= 11 is 3.49. The van der Waals surface area contributed by atoms with Gasteiger partial charge in [0.2, 0.25) is 5.91 Å². The molecule has 1 atom stereocenters. The first-order chi connectivity index (χ1) is 17.8. The molecule has 2 amide bonds. The molecular formula is C30H35BrN2O4. The summed E-state index contributed by atoms with van der Waals surface area (Å²) in [5, 5.41) is 3.03. The molecule has 196 valence electrons. The Morgan fingerprint density at radius 1 is 0.946 bits per heavy atom. The van der Waals surface area contributed by atoms with Gasteiger partial charge in [0.15, 0.2) is 6.61 Å². The highest BCUT2D eigenvalue weighted by Gasteiger charge is 2.31. The van der Waals surface area contributed by atoms with E-state index in [0.29, 0.717) is 24.5 Å². The van der Waals surface area contributed by atoms with Gasteiger partial charge >= 0.3 is 0 Å². The van der Waals surface area contributed by atoms with Crippen LogP contribution in [0.3, 0.4) is 0 Å². The van der Waals surface area contributed by atoms with Crippen LogP contribution in [0.4, 0.5) is 0 Å². The third-order valence-electron chi connectivity index (χ3n) is 5.93. The van der Waals surface area contributed by atoms with Gasteiger partial charge in [-0.25, -0.2) is 0 Å². The highest BCUT2D eigenvalue weighted by Crippen LogP contribution is 2.22. The second-order valence-corrected chi connectivity index (χ2v) is 10.3. The average Bonchev–Trinajstić information content (AvgIpc) is 2.90. The Labute approximate surface area is 228 Å². The molecule has 7 heteroatoms. The molecule has 1 N–H and O–H groups in total. The van der Waals surface area contributed by atoms with Crippen LogP contribution in [-0.2, 0) is 22.6 Å². The first-order valence-electron chi connectivity index (χ1n) is 12.4. The number of amides is 2. The van der Waals surface area contributed by atoms with Gasteiger partial charge in [-0.3, -0.25) is 9.59 Å². The van der Waals surface area contributed by atoms with Crippen molar-refractivity contribution in [2.45, 2.75) is 39.8 Å². The minimum absolute atomic E-state index is 0.187. The number of methoxy groups -OCH3 is 1. The first-order valence-corrected chi connectivity index (χ1v) is 13.2. The summed E-state index contributed by atoms with van der Waals surface area (Å²) in [4.78, 5) is 28.8. The summed E-state index contributed by atoms with van der Waals surface area (Å²) in [6.45, 7) is 6.63. The number of carbonyl (C=O) groups is 2. The van der Waals surface area contributed by atoms with Gasteiger partial charge in [0, 0.05) is 24.0 Å². The Balaban J connectivity index is 1.91. The molecule has 0 heterocycles. The maximum absolute atomic E-state index is 13.7. The number of nitrogens with zero attached hydrogens (tertiary/aromatic N) is 1. The van der Waals surface area contributed by atoms with E-state index >= 15 is 0 Å². The second kappa shape index (κ2) is 13.8. The number of ether oxygens (including phenoxy) is 2. The topological polar surface area (TPSA) is 67.9 Å². The SMILES string of the molecule is COc1cccc(CN(C(=O)COc2ccc(Br)c(C)c2)[C@@H](Cc2ccccc2)C(=O)NCC(C)C)c1. The maximum Gasteiger partial charge on any atom is 0.261 e. The van der Waals surface area contributed by atoms with Gasteiger partial charge in [-0.1, -0.05) is 72.2 Å². The van der Waals surface area contributed by atoms with Crippen LogP contribution in [-0.4, -0.2) is 43.0 Å². The number of hydrogen-bond donors (Lipinski definition) is 1. The van der Waals surface area contributed by atoms with Crippen molar-refractivity contribution in [3.8, 4) is 11.5 Å². The van der Waals surface area contributed by atoms with Gasteiger partial charge in [0.05, 0.1) is 7.11 Å². The van der Waals surface area contributed by atoms with E-state index in [2.05, 4.69) is 21.2 Å². The number of aryl methyl sites for hydroxylation is 1. The monoisotopic (exact) mass is 566 g/mol. The van der Waals surface area contributed by atoms with Crippen LogP contribution in [0.5, 0.6) is 11.5 Å². The van der Waals surface area contributed by atoms with E-state index in [0.717, 1.165) is 21.2 Å². The fourth-order valence-electron chi connectivity index (χ4n) is 3.88. The van der Waals surface area contributed by atoms with Crippen molar-refractivity contribution in [3.05, 3.63) is 94.0 Å². The number of carbonyl (C=O) groups excluding carboxylic acids is 2. The highest BCUT2D eigenvalue weighted by molar-refractivity contribution is 9.10. The minimum atomic E-state index is -0.713. The van der Waals surface area contributed by atoms with Gasteiger partial charge in [-0.05, 0) is 59.9 Å². The van der Waals surface area contributed by atoms with E-state index in [4.69, 9.17) is 9.47 Å². The van der Waals surface area contributed by atoms with Crippen molar-refractivity contribution in [2.75, 3.05) is 20.3 Å². The Morgan fingerprint density at radius 3 is 2.35 bits per heavy atom. The smallest absolute Gasteiger partial charge is 0.261 e. The quantitative estimate of drug-likeness (QED) is 0.312. The van der Waals surface area contributed by atoms with Crippen LogP contribution >= 0.6 is 15.9 Å². The highest BCUT2D eigenvalue weighted by atomic mass is 79.9. The van der Waals surface area contributed by atoms with Crippen molar-refractivity contribution in [3.63, 3.8) is 0 Å². The number of nitrogens with one attached hydrogen (secondary N) is 1. The zero-order valence-corrected chi connectivity index (χ0v) is 23.5. The van der Waals surface area contributed by atoms with Gasteiger partial charge in [-0.2, -0.15) is 0 Å². The van der Waals surface area contributed by atoms with Crippen molar-refractivity contribution in [1.82, 2.24) is 10.2 Å². The van der Waals surface area contributed by atoms with Gasteiger partial charge in [0.1, 0.15) is 17.5 Å². The predicted molar refractivity (Wildman–Crippen MR) is 150 cm³/mol. The average molecular weight is 568 g/mol. The molecule has 0 saturated carbocycles. The molecule has 0 spiro atoms. The molecule has 3 aromatic carbocycles. The lowest BCUT2D eigenvalue weighted by molar-refractivity contribution is -0.142. The molecule has 3 rings (SSSR count). The zero-order chi connectivity index (χ0) is 26.8. The molecule has 0 bridgehead atoms. The molecule has 0 fully saturated rings. The molecular weight excluding hydrogens is 532 g/mol. The van der Waals surface area contributed by atoms with Gasteiger partial charge in [-0.15, -0.1) is 0 Å². The van der Waals surface area contributed by atoms with Crippen LogP contribution in [0.2, 0.25) is 0 Å². The first kappa shape index (κ1) is 28.3. The van der Waals surface area contributed by atoms with E-state index < -0.39 is 6.04 Å². The summed E-state index contributed by atoms with van der Waals surface area (Å²) in [7, 11) is 1.60. The summed E-state index contributed by atoms with van der Waals surface area (Å²) in [6.07, 6.45) is 0.387. The van der Waals surface area contributed by atoms with E-state index in [-0.39, 0.29) is 30.9 Å². The third-order valence-corrected chi connectivity index (χ3v) is 6.82. The summed E-state index contributed by atoms with van der Waals surface area (Å²) < 4.78 is 12.2. The molecule has 0 aliphatic heterocycles. The van der Waals surface area contributed by atoms with Crippen molar-refractivity contribution in [2.24, 2.45) is 5.92 Å². The molecule has 0 aliphatic rings. The van der Waals surface area contributed by atoms with E-state index in [9.17, 15) is 9.59 Å². The lowest BCUT2D eigenvalue weighted by Gasteiger charge is -2.31. The fraction of sp³-hybridized carbons (Fsp3) is 0.333. The van der Waals surface area contributed by atoms with Gasteiger partial charge < -0.3 is 19.7 Å². The minimum Gasteiger partial charge on any atom is -0.497 e. The molecule has 37 heavy (non-hydrogen) atoms. The largest absolute Gasteiger partial charge is 0.497 e. The van der Waals surface area contributed by atoms with Crippen LogP contribution < -0.4 is 14.8 Å². The second-order valence-electron chi connectivity index (χ2n) is 9.42. The van der Waals surface area contributed by atoms with Crippen molar-refractivity contribution in [1.29, 1.82) is 0 Å². The predicted octanol–water partition coefficient (Wildman–Crippen LogP) is 5.56. The fourth-order valence-corrected chi connectivity index (χ4v) is 4.13. The normalized spacial score (nSPS) is 11.6. The Kier molecular flexibility index (Phi) is 10.6. The molecule has 0 aliphatic carbocycles. The van der Waals surface area contributed by atoms with Crippen molar-refractivity contribution < 1.29 is 19.1 Å². The molecule has 6 nitrogen and oxygen atoms in total. The number of benzene rings is 3. The molecule has 0 radical (unpaired) electrons. The van der Waals surface area contributed by atoms with Crippen LogP contribution in [0, 0.1) is 12.8 Å². The Hall–Kier alpha value is -3.32. The van der Waals surface area contributed by atoms with Crippen LogP contribution in [0.25, 0.3) is 0 Å². The third kappa shape index (κ3) is 8.64. The number of rotatable bonds is 12. The molecule has 0 saturated heterocycles. The number of hydrogen-bond acceptors (Lipinski definition) is 4. The van der Waals surface area contributed by atoms with Gasteiger partial charge in [0.25, 0.3) is 5.91 Å². The Bertz CT molecular complexity index is 1180. The summed E-state index contributed by atoms with van der Waals surface area (Å²) in [5.41, 5.74) is 2.84. The van der Waals surface area contributed by atoms with E-state index in [1.54, 1.807) is 12.0 Å². The lowest BCUT2D eigenvalue weighted by Crippen LogP contribution is -2.52. The van der Waals surface area contributed by atoms with Crippen LogP contribution in [0.1, 0.15) is 30.5 Å². The Morgan fingerprint density at radius 2 is 1.68 bits per heavy atom. The molecule has 0 aromatic heterocycles. The molecule has 3 aromatic rings.